The van der Waals surface area contributed by atoms with Crippen LogP contribution in [0.4, 0.5) is 0 Å². The van der Waals surface area contributed by atoms with Crippen molar-refractivity contribution in [1.29, 1.82) is 0 Å². The predicted octanol–water partition coefficient (Wildman–Crippen LogP) is 2.15. The molecule has 3 N–H and O–H groups in total. The number of carboxylic acids is 1. The van der Waals surface area contributed by atoms with Gasteiger partial charge in [-0.05, 0) is 19.1 Å². The summed E-state index contributed by atoms with van der Waals surface area (Å²) in [6, 6.07) is 3.37. The number of nitrogens with one attached hydrogen (secondary N) is 2. The summed E-state index contributed by atoms with van der Waals surface area (Å²) in [5.74, 6) is -1.27. The van der Waals surface area contributed by atoms with Gasteiger partial charge in [0.2, 0.25) is 0 Å². The molecule has 0 fully saturated rings. The van der Waals surface area contributed by atoms with Gasteiger partial charge in [0.25, 0.3) is 5.91 Å². The third-order valence-corrected chi connectivity index (χ3v) is 4.59. The van der Waals surface area contributed by atoms with Gasteiger partial charge < -0.3 is 20.1 Å². The highest BCUT2D eigenvalue weighted by Crippen LogP contribution is 2.28. The van der Waals surface area contributed by atoms with Crippen molar-refractivity contribution in [3.05, 3.63) is 35.0 Å². The molecule has 1 amide bonds. The lowest BCUT2D eigenvalue weighted by molar-refractivity contribution is 0.0698. The summed E-state index contributed by atoms with van der Waals surface area (Å²) < 4.78 is 5.00. The van der Waals surface area contributed by atoms with E-state index in [1.54, 1.807) is 25.4 Å². The Morgan fingerprint density at radius 2 is 2.24 bits per heavy atom. The highest BCUT2D eigenvalue weighted by atomic mass is 32.1. The largest absolute Gasteiger partial charge is 0.478 e. The Morgan fingerprint density at radius 1 is 1.44 bits per heavy atom. The normalized spacial score (nSPS) is 12.2. The number of methoxy groups -OCH3 is 1. The number of aromatic nitrogens is 3. The second kappa shape index (κ2) is 6.99. The smallest absolute Gasteiger partial charge is 0.339 e. The average Bonchev–Trinajstić information content (AvgIpc) is 3.21. The summed E-state index contributed by atoms with van der Waals surface area (Å²) in [7, 11) is 1.58. The third-order valence-electron chi connectivity index (χ3n) is 3.49. The van der Waals surface area contributed by atoms with Crippen molar-refractivity contribution in [2.75, 3.05) is 13.7 Å². The highest BCUT2D eigenvalue weighted by Gasteiger charge is 2.16. The number of nitrogens with zero attached hydrogens (tertiary/aromatic N) is 2. The van der Waals surface area contributed by atoms with Crippen LogP contribution in [-0.4, -0.2) is 51.7 Å². The molecule has 0 aliphatic rings. The molecule has 1 atom stereocenters. The van der Waals surface area contributed by atoms with Gasteiger partial charge in [0, 0.05) is 19.3 Å². The van der Waals surface area contributed by atoms with Crippen molar-refractivity contribution in [3.63, 3.8) is 0 Å². The number of aromatic amines is 1. The van der Waals surface area contributed by atoms with Crippen LogP contribution < -0.4 is 5.32 Å². The molecule has 3 aromatic rings. The third kappa shape index (κ3) is 3.52. The van der Waals surface area contributed by atoms with Gasteiger partial charge >= 0.3 is 5.97 Å². The van der Waals surface area contributed by atoms with Gasteiger partial charge in [-0.15, -0.1) is 11.3 Å². The SMILES string of the molecule is COCC(C)NC(=O)c1ccc(-c2cnc3[nH]cc(C(=O)O)c3n2)s1. The number of amides is 1. The Kier molecular flexibility index (Phi) is 4.77. The number of hydrogen-bond donors (Lipinski definition) is 3. The molecule has 3 rings (SSSR count). The number of aromatic carboxylic acids is 1. The van der Waals surface area contributed by atoms with E-state index in [2.05, 4.69) is 20.3 Å². The highest BCUT2D eigenvalue weighted by molar-refractivity contribution is 7.17. The molecule has 8 nitrogen and oxygen atoms in total. The number of thiophene rings is 1. The Bertz CT molecular complexity index is 933. The molecule has 0 aromatic carbocycles. The predicted molar refractivity (Wildman–Crippen MR) is 93.0 cm³/mol. The molecule has 0 radical (unpaired) electrons. The minimum absolute atomic E-state index is 0.0623. The van der Waals surface area contributed by atoms with Crippen molar-refractivity contribution in [1.82, 2.24) is 20.3 Å². The van der Waals surface area contributed by atoms with Crippen molar-refractivity contribution < 1.29 is 19.4 Å². The van der Waals surface area contributed by atoms with Gasteiger partial charge in [-0.2, -0.15) is 0 Å². The summed E-state index contributed by atoms with van der Waals surface area (Å²) >= 11 is 1.27. The molecule has 0 spiro atoms. The van der Waals surface area contributed by atoms with Crippen LogP contribution in [0.5, 0.6) is 0 Å². The summed E-state index contributed by atoms with van der Waals surface area (Å²) in [6.45, 7) is 2.28. The zero-order chi connectivity index (χ0) is 18.0. The molecule has 1 unspecified atom stereocenters. The standard InChI is InChI=1S/C16H16N4O4S/c1-8(7-24-2)19-15(21)12-4-3-11(25-12)10-6-18-14-13(20-10)9(5-17-14)16(22)23/h3-6,8H,7H2,1-2H3,(H,17,18)(H,19,21)(H,22,23). The van der Waals surface area contributed by atoms with E-state index in [-0.39, 0.29) is 23.0 Å². The lowest BCUT2D eigenvalue weighted by Gasteiger charge is -2.11. The topological polar surface area (TPSA) is 117 Å². The first-order valence-electron chi connectivity index (χ1n) is 7.47. The minimum Gasteiger partial charge on any atom is -0.478 e. The maximum absolute atomic E-state index is 12.2. The van der Waals surface area contributed by atoms with Crippen LogP contribution in [0.1, 0.15) is 27.0 Å². The Labute approximate surface area is 146 Å². The first kappa shape index (κ1) is 17.1. The summed E-state index contributed by atoms with van der Waals surface area (Å²) in [6.07, 6.45) is 2.91. The molecule has 0 aliphatic carbocycles. The van der Waals surface area contributed by atoms with Gasteiger partial charge in [0.05, 0.1) is 28.3 Å². The molecular formula is C16H16N4O4S. The van der Waals surface area contributed by atoms with E-state index >= 15 is 0 Å². The maximum Gasteiger partial charge on any atom is 0.339 e. The number of rotatable bonds is 6. The molecule has 0 bridgehead atoms. The van der Waals surface area contributed by atoms with E-state index in [9.17, 15) is 14.7 Å². The first-order chi connectivity index (χ1) is 12.0. The van der Waals surface area contributed by atoms with E-state index in [1.165, 1.54) is 17.5 Å². The van der Waals surface area contributed by atoms with E-state index in [1.807, 2.05) is 6.92 Å². The van der Waals surface area contributed by atoms with E-state index in [0.29, 0.717) is 22.8 Å². The number of fused-ring (bicyclic) bond motifs is 1. The minimum atomic E-state index is -1.07. The van der Waals surface area contributed by atoms with Gasteiger partial charge in [-0.25, -0.2) is 14.8 Å². The molecule has 0 saturated carbocycles. The van der Waals surface area contributed by atoms with Crippen LogP contribution in [0, 0.1) is 0 Å². The summed E-state index contributed by atoms with van der Waals surface area (Å²) in [5, 5.41) is 12.0. The number of carboxylic acid groups (broad SMARTS) is 1. The molecule has 0 saturated heterocycles. The lowest BCUT2D eigenvalue weighted by Crippen LogP contribution is -2.35. The average molecular weight is 360 g/mol. The van der Waals surface area contributed by atoms with Crippen LogP contribution in [0.3, 0.4) is 0 Å². The number of H-pyrrole nitrogens is 1. The number of ether oxygens (including phenoxy) is 1. The molecule has 3 heterocycles. The summed E-state index contributed by atoms with van der Waals surface area (Å²) in [5.41, 5.74) is 1.28. The van der Waals surface area contributed by atoms with Crippen LogP contribution in [0.25, 0.3) is 21.7 Å². The fourth-order valence-corrected chi connectivity index (χ4v) is 3.22. The fourth-order valence-electron chi connectivity index (χ4n) is 2.36. The lowest BCUT2D eigenvalue weighted by atomic mass is 10.3. The van der Waals surface area contributed by atoms with Crippen LogP contribution in [0.2, 0.25) is 0 Å². The van der Waals surface area contributed by atoms with Gasteiger partial charge in [0.15, 0.2) is 5.65 Å². The van der Waals surface area contributed by atoms with Crippen LogP contribution in [-0.2, 0) is 4.74 Å². The van der Waals surface area contributed by atoms with Crippen molar-refractivity contribution in [3.8, 4) is 10.6 Å². The maximum atomic E-state index is 12.2. The molecule has 3 aromatic heterocycles. The quantitative estimate of drug-likeness (QED) is 0.620. The second-order valence-electron chi connectivity index (χ2n) is 5.45. The zero-order valence-electron chi connectivity index (χ0n) is 13.6. The number of hydrogen-bond acceptors (Lipinski definition) is 6. The van der Waals surface area contributed by atoms with Crippen molar-refractivity contribution >= 4 is 34.4 Å². The second-order valence-corrected chi connectivity index (χ2v) is 6.54. The Morgan fingerprint density at radius 3 is 2.96 bits per heavy atom. The van der Waals surface area contributed by atoms with Crippen molar-refractivity contribution in [2.45, 2.75) is 13.0 Å². The fraction of sp³-hybridized carbons (Fsp3) is 0.250. The van der Waals surface area contributed by atoms with Crippen LogP contribution in [0.15, 0.2) is 24.5 Å². The van der Waals surface area contributed by atoms with E-state index in [4.69, 9.17) is 4.74 Å². The monoisotopic (exact) mass is 360 g/mol. The Hall–Kier alpha value is -2.78. The molecule has 130 valence electrons. The van der Waals surface area contributed by atoms with E-state index in [0.717, 1.165) is 4.88 Å². The Balaban J connectivity index is 1.87. The van der Waals surface area contributed by atoms with Gasteiger partial charge in [-0.3, -0.25) is 4.79 Å². The van der Waals surface area contributed by atoms with Crippen molar-refractivity contribution in [2.24, 2.45) is 0 Å². The molecular weight excluding hydrogens is 344 g/mol. The zero-order valence-corrected chi connectivity index (χ0v) is 14.4. The van der Waals surface area contributed by atoms with Gasteiger partial charge in [-0.1, -0.05) is 0 Å². The first-order valence-corrected chi connectivity index (χ1v) is 8.28. The molecule has 9 heteroatoms. The number of carbonyl (C=O) groups is 2. The van der Waals surface area contributed by atoms with Crippen LogP contribution >= 0.6 is 11.3 Å². The number of carbonyl (C=O) groups excluding carboxylic acids is 1. The van der Waals surface area contributed by atoms with E-state index < -0.39 is 5.97 Å². The summed E-state index contributed by atoms with van der Waals surface area (Å²) in [4.78, 5) is 36.1. The molecule has 25 heavy (non-hydrogen) atoms. The molecule has 0 aliphatic heterocycles. The van der Waals surface area contributed by atoms with Gasteiger partial charge in [0.1, 0.15) is 11.1 Å².